The number of rotatable bonds is 16. The number of hydrogen-bond acceptors (Lipinski definition) is 13. The van der Waals surface area contributed by atoms with Gasteiger partial charge in [-0.2, -0.15) is 0 Å². The van der Waals surface area contributed by atoms with Crippen LogP contribution in [-0.2, 0) is 70.4 Å². The molecule has 0 saturated carbocycles. The number of aliphatic hydroxyl groups is 1. The molecule has 2 aliphatic heterocycles. The van der Waals surface area contributed by atoms with E-state index in [0.29, 0.717) is 37.9 Å². The minimum absolute atomic E-state index is 0.0445. The van der Waals surface area contributed by atoms with Crippen LogP contribution in [0.3, 0.4) is 0 Å². The SMILES string of the molecule is CC(C)C[C@@H]1NC(=O)[C@H](Cc2ccccc2)N(C)C(=O)[C@@H](C(C)C)NC(=O)C[C@@H](C(=O)N2CCCCC2)NC(=O)[C@H](C)N(C)C(=O)[C@H](CC(C)C)N(C)C(=O)[C@H](CCc2ccccc2)NC(=O)[C@H](CC(C)C)N(C)C(=O)CN(C)C(=O)[C@H]([C@@H](C)O)NC(=O)[C@H](CC(C)C)N(C)C1=O. The van der Waals surface area contributed by atoms with Crippen LogP contribution in [0.15, 0.2) is 60.7 Å². The van der Waals surface area contributed by atoms with E-state index < -0.39 is 156 Å². The van der Waals surface area contributed by atoms with Crippen molar-refractivity contribution < 1.29 is 62.6 Å². The molecule has 0 unspecified atom stereocenters. The van der Waals surface area contributed by atoms with Crippen LogP contribution in [0.25, 0.3) is 0 Å². The van der Waals surface area contributed by atoms with Gasteiger partial charge in [-0.05, 0) is 112 Å². The Hall–Kier alpha value is -7.96. The Morgan fingerprint density at radius 3 is 1.46 bits per heavy atom. The number of benzene rings is 2. The number of carbonyl (C=O) groups is 12. The van der Waals surface area contributed by atoms with Crippen molar-refractivity contribution in [1.82, 2.24) is 60.9 Å². The van der Waals surface area contributed by atoms with Crippen molar-refractivity contribution in [2.75, 3.05) is 61.9 Å². The van der Waals surface area contributed by atoms with Crippen LogP contribution in [0.4, 0.5) is 0 Å². The summed E-state index contributed by atoms with van der Waals surface area (Å²) in [6, 6.07) is 4.91. The predicted octanol–water partition coefficient (Wildman–Crippen LogP) is 3.54. The van der Waals surface area contributed by atoms with Gasteiger partial charge >= 0.3 is 0 Å². The highest BCUT2D eigenvalue weighted by atomic mass is 16.3. The number of likely N-dealkylation sites (N-methyl/N-ethyl adjacent to an activating group) is 6. The summed E-state index contributed by atoms with van der Waals surface area (Å²) in [5.74, 6) is -9.99. The van der Waals surface area contributed by atoms with Gasteiger partial charge < -0.3 is 66.0 Å². The van der Waals surface area contributed by atoms with Crippen molar-refractivity contribution in [1.29, 1.82) is 0 Å². The Morgan fingerprint density at radius 1 is 0.474 bits per heavy atom. The van der Waals surface area contributed by atoms with Crippen LogP contribution in [0, 0.1) is 29.6 Å². The van der Waals surface area contributed by atoms with Crippen molar-refractivity contribution >= 4 is 70.9 Å². The predicted molar refractivity (Wildman–Crippen MR) is 370 cm³/mol. The Bertz CT molecular complexity index is 2990. The molecule has 540 valence electrons. The Morgan fingerprint density at radius 2 is 0.938 bits per heavy atom. The molecule has 6 N–H and O–H groups in total. The third kappa shape index (κ3) is 23.9. The van der Waals surface area contributed by atoms with E-state index in [2.05, 4.69) is 26.6 Å². The summed E-state index contributed by atoms with van der Waals surface area (Å²) in [6.07, 6.45) is 0.752. The third-order valence-electron chi connectivity index (χ3n) is 18.4. The van der Waals surface area contributed by atoms with E-state index in [-0.39, 0.29) is 62.2 Å². The lowest BCUT2D eigenvalue weighted by Gasteiger charge is -2.37. The maximum Gasteiger partial charge on any atom is 0.248 e. The lowest BCUT2D eigenvalue weighted by molar-refractivity contribution is -0.150. The van der Waals surface area contributed by atoms with Crippen LogP contribution in [-0.4, -0.2) is 239 Å². The average molecular weight is 1360 g/mol. The molecular weight excluding hydrogens is 1240 g/mol. The molecule has 2 aromatic carbocycles. The van der Waals surface area contributed by atoms with Gasteiger partial charge in [-0.3, -0.25) is 57.5 Å². The zero-order valence-corrected chi connectivity index (χ0v) is 60.9. The lowest BCUT2D eigenvalue weighted by Crippen LogP contribution is -2.62. The van der Waals surface area contributed by atoms with Gasteiger partial charge in [0.2, 0.25) is 70.9 Å². The van der Waals surface area contributed by atoms with E-state index in [1.165, 1.54) is 80.6 Å². The molecule has 2 aliphatic rings. The van der Waals surface area contributed by atoms with Crippen LogP contribution in [0.1, 0.15) is 152 Å². The van der Waals surface area contributed by atoms with E-state index in [9.17, 15) is 38.7 Å². The molecule has 0 spiro atoms. The molecule has 0 aliphatic carbocycles. The fraction of sp³-hybridized carbons (Fsp3) is 0.667. The maximum absolute atomic E-state index is 15.2. The van der Waals surface area contributed by atoms with Gasteiger partial charge in [-0.1, -0.05) is 130 Å². The second-order valence-electron chi connectivity index (χ2n) is 28.8. The fourth-order valence-corrected chi connectivity index (χ4v) is 12.3. The third-order valence-corrected chi connectivity index (χ3v) is 18.4. The monoisotopic (exact) mass is 1350 g/mol. The molecule has 0 aromatic heterocycles. The summed E-state index contributed by atoms with van der Waals surface area (Å²) in [6.45, 7) is 21.0. The molecule has 12 amide bonds. The molecule has 2 fully saturated rings. The highest BCUT2D eigenvalue weighted by Crippen LogP contribution is 2.23. The summed E-state index contributed by atoms with van der Waals surface area (Å²) in [4.78, 5) is 186. The fourth-order valence-electron chi connectivity index (χ4n) is 12.3. The number of piperidine rings is 1. The molecule has 11 atom stereocenters. The normalized spacial score (nSPS) is 25.4. The first-order valence-corrected chi connectivity index (χ1v) is 34.6. The lowest BCUT2D eigenvalue weighted by atomic mass is 9.96. The van der Waals surface area contributed by atoms with Gasteiger partial charge in [0.15, 0.2) is 0 Å². The molecule has 0 radical (unpaired) electrons. The summed E-state index contributed by atoms with van der Waals surface area (Å²) >= 11 is 0. The standard InChI is InChI=1S/C72H114N12O13/c1-43(2)36-53-68(93)81(16)56(38-45(5)6)66(91)77-62(49(12)85)71(96)78(13)42-60(87)80(15)55(37-44(3)4)64(89)73-52(33-32-50-28-22-19-23-29-50)67(92)83(18)58(39-46(7)8)70(95)79(14)48(11)63(88)74-54(69(94)84-34-26-21-27-35-84)41-59(86)76-61(47(9)10)72(97)82(17)57(65(90)75-53)40-51-30-24-20-25-31-51/h19-20,22-25,28-31,43-49,52-58,61-62,85H,21,26-27,32-42H2,1-18H3,(H,73,89)(H,74,88)(H,75,90)(H,76,86)(H,77,91)/t48-,49+,52-,53-,54-,55-,56-,57-,58-,61+,62-/m0/s1. The van der Waals surface area contributed by atoms with Crippen LogP contribution >= 0.6 is 0 Å². The van der Waals surface area contributed by atoms with Crippen molar-refractivity contribution in [2.24, 2.45) is 29.6 Å². The van der Waals surface area contributed by atoms with E-state index in [1.54, 1.807) is 49.1 Å². The topological polar surface area (TPSA) is 308 Å². The summed E-state index contributed by atoms with van der Waals surface area (Å²) in [5, 5.41) is 25.3. The number of carbonyl (C=O) groups excluding carboxylic acids is 12. The molecule has 2 aromatic rings. The van der Waals surface area contributed by atoms with E-state index in [1.807, 2.05) is 85.7 Å². The number of likely N-dealkylation sites (tertiary alicyclic amines) is 1. The quantitative estimate of drug-likeness (QED) is 0.140. The zero-order valence-electron chi connectivity index (χ0n) is 60.9. The summed E-state index contributed by atoms with van der Waals surface area (Å²) in [5.41, 5.74) is 1.50. The highest BCUT2D eigenvalue weighted by Gasteiger charge is 2.43. The van der Waals surface area contributed by atoms with Gasteiger partial charge in [0.25, 0.3) is 0 Å². The molecule has 0 bridgehead atoms. The second-order valence-corrected chi connectivity index (χ2v) is 28.8. The Labute approximate surface area is 575 Å². The van der Waals surface area contributed by atoms with E-state index in [4.69, 9.17) is 0 Å². The zero-order chi connectivity index (χ0) is 72.9. The molecule has 4 rings (SSSR count). The first-order valence-electron chi connectivity index (χ1n) is 34.6. The number of hydrogen-bond donors (Lipinski definition) is 6. The Balaban J connectivity index is 1.93. The maximum atomic E-state index is 15.2. The first-order chi connectivity index (χ1) is 45.5. The second kappa shape index (κ2) is 38.3. The minimum atomic E-state index is -1.65. The van der Waals surface area contributed by atoms with Crippen LogP contribution in [0.2, 0.25) is 0 Å². The van der Waals surface area contributed by atoms with Gasteiger partial charge in [0.1, 0.15) is 60.4 Å². The molecule has 2 heterocycles. The number of amides is 12. The first kappa shape index (κ1) is 81.5. The summed E-state index contributed by atoms with van der Waals surface area (Å²) < 4.78 is 0. The smallest absolute Gasteiger partial charge is 0.248 e. The van der Waals surface area contributed by atoms with Crippen LogP contribution < -0.4 is 26.6 Å². The highest BCUT2D eigenvalue weighted by molar-refractivity contribution is 6.00. The number of aliphatic hydroxyl groups excluding tert-OH is 1. The van der Waals surface area contributed by atoms with Gasteiger partial charge in [-0.25, -0.2) is 0 Å². The van der Waals surface area contributed by atoms with Crippen LogP contribution in [0.5, 0.6) is 0 Å². The molecule has 2 saturated heterocycles. The Kier molecular flexibility index (Phi) is 32.1. The average Bonchev–Trinajstić information content (AvgIpc) is 0.848. The van der Waals surface area contributed by atoms with Gasteiger partial charge in [0.05, 0.1) is 19.1 Å². The summed E-state index contributed by atoms with van der Waals surface area (Å²) in [7, 11) is 8.37. The molecule has 25 nitrogen and oxygen atoms in total. The molecule has 25 heteroatoms. The molecule has 97 heavy (non-hydrogen) atoms. The van der Waals surface area contributed by atoms with E-state index in [0.717, 1.165) is 16.9 Å². The van der Waals surface area contributed by atoms with Crippen molar-refractivity contribution in [3.05, 3.63) is 71.8 Å². The largest absolute Gasteiger partial charge is 0.391 e. The van der Waals surface area contributed by atoms with Gasteiger partial charge in [0, 0.05) is 61.8 Å². The van der Waals surface area contributed by atoms with Crippen molar-refractivity contribution in [3.63, 3.8) is 0 Å². The number of nitrogens with zero attached hydrogens (tertiary/aromatic N) is 7. The number of aryl methyl sites for hydroxylation is 1. The van der Waals surface area contributed by atoms with Gasteiger partial charge in [-0.15, -0.1) is 0 Å². The van der Waals surface area contributed by atoms with E-state index >= 15 is 24.0 Å². The molecular formula is C72H114N12O13. The number of nitrogens with one attached hydrogen (secondary N) is 5. The van der Waals surface area contributed by atoms with Crippen molar-refractivity contribution in [3.8, 4) is 0 Å². The van der Waals surface area contributed by atoms with Crippen molar-refractivity contribution in [2.45, 2.75) is 220 Å². The minimum Gasteiger partial charge on any atom is -0.391 e.